The summed E-state index contributed by atoms with van der Waals surface area (Å²) in [4.78, 5) is 24.8. The molecule has 2 N–H and O–H groups in total. The Labute approximate surface area is 202 Å². The standard InChI is InChI=1S/C25H28FN3O4S/c1-4-6-10-20(18-15-34-24-17(18)8-7-9-19(24)26)28-29-23(30)14-27-25(31)16-11-12-21(33-5-2)22(13-16)32-3/h7-9,11-13,15H,4-6,10,14H2,1-3H3,(H,27,31)(H,29,30). The first-order valence-corrected chi connectivity index (χ1v) is 12.0. The van der Waals surface area contributed by atoms with E-state index in [1.807, 2.05) is 18.4 Å². The number of carbonyl (C=O) groups excluding carboxylic acids is 2. The first-order valence-electron chi connectivity index (χ1n) is 11.1. The fourth-order valence-corrected chi connectivity index (χ4v) is 4.34. The number of hydrogen-bond donors (Lipinski definition) is 2. The van der Waals surface area contributed by atoms with Crippen LogP contribution in [-0.2, 0) is 4.79 Å². The summed E-state index contributed by atoms with van der Waals surface area (Å²) >= 11 is 1.31. The summed E-state index contributed by atoms with van der Waals surface area (Å²) < 4.78 is 25.4. The molecule has 9 heteroatoms. The quantitative estimate of drug-likeness (QED) is 0.299. The van der Waals surface area contributed by atoms with Crippen LogP contribution in [0.3, 0.4) is 0 Å². The summed E-state index contributed by atoms with van der Waals surface area (Å²) in [6.45, 7) is 4.14. The summed E-state index contributed by atoms with van der Waals surface area (Å²) in [5, 5.41) is 9.51. The Kier molecular flexibility index (Phi) is 8.98. The van der Waals surface area contributed by atoms with E-state index in [4.69, 9.17) is 9.47 Å². The maximum atomic E-state index is 14.1. The number of hydrogen-bond acceptors (Lipinski definition) is 6. The molecule has 1 aromatic heterocycles. The third kappa shape index (κ3) is 6.11. The van der Waals surface area contributed by atoms with Crippen molar-refractivity contribution in [2.45, 2.75) is 33.1 Å². The minimum Gasteiger partial charge on any atom is -0.493 e. The number of carbonyl (C=O) groups is 2. The summed E-state index contributed by atoms with van der Waals surface area (Å²) in [6.07, 6.45) is 2.46. The molecule has 0 radical (unpaired) electrons. The third-order valence-corrected chi connectivity index (χ3v) is 6.08. The Morgan fingerprint density at radius 2 is 1.97 bits per heavy atom. The number of methoxy groups -OCH3 is 1. The van der Waals surface area contributed by atoms with Gasteiger partial charge in [-0.2, -0.15) is 5.10 Å². The van der Waals surface area contributed by atoms with Gasteiger partial charge in [0.1, 0.15) is 5.82 Å². The van der Waals surface area contributed by atoms with Crippen LogP contribution in [0, 0.1) is 5.82 Å². The van der Waals surface area contributed by atoms with Crippen LogP contribution in [-0.4, -0.2) is 37.8 Å². The second kappa shape index (κ2) is 12.1. The van der Waals surface area contributed by atoms with Crippen LogP contribution in [0.1, 0.15) is 49.0 Å². The van der Waals surface area contributed by atoms with Crippen molar-refractivity contribution in [1.29, 1.82) is 0 Å². The first-order chi connectivity index (χ1) is 16.5. The Hall–Kier alpha value is -3.46. The van der Waals surface area contributed by atoms with Gasteiger partial charge < -0.3 is 14.8 Å². The molecule has 3 rings (SSSR count). The van der Waals surface area contributed by atoms with Crippen molar-refractivity contribution in [2.75, 3.05) is 20.3 Å². The number of halogens is 1. The van der Waals surface area contributed by atoms with Crippen LogP contribution in [0.4, 0.5) is 4.39 Å². The lowest BCUT2D eigenvalue weighted by Crippen LogP contribution is -2.35. The van der Waals surface area contributed by atoms with E-state index < -0.39 is 11.8 Å². The zero-order valence-electron chi connectivity index (χ0n) is 19.4. The molecule has 0 spiro atoms. The monoisotopic (exact) mass is 485 g/mol. The van der Waals surface area contributed by atoms with E-state index in [0.717, 1.165) is 23.8 Å². The van der Waals surface area contributed by atoms with Gasteiger partial charge in [0.15, 0.2) is 11.5 Å². The molecule has 0 aliphatic carbocycles. The van der Waals surface area contributed by atoms with Crippen molar-refractivity contribution in [3.05, 3.63) is 58.7 Å². The minimum atomic E-state index is -0.467. The molecule has 34 heavy (non-hydrogen) atoms. The molecule has 2 aromatic carbocycles. The summed E-state index contributed by atoms with van der Waals surface area (Å²) in [5.41, 5.74) is 4.33. The number of benzene rings is 2. The Bertz CT molecular complexity index is 1190. The van der Waals surface area contributed by atoms with Gasteiger partial charge in [0.25, 0.3) is 11.8 Å². The van der Waals surface area contributed by atoms with E-state index >= 15 is 0 Å². The van der Waals surface area contributed by atoms with Gasteiger partial charge in [-0.1, -0.05) is 25.5 Å². The molecule has 0 fully saturated rings. The van der Waals surface area contributed by atoms with Crippen LogP contribution in [0.2, 0.25) is 0 Å². The maximum Gasteiger partial charge on any atom is 0.259 e. The normalized spacial score (nSPS) is 11.4. The van der Waals surface area contributed by atoms with Gasteiger partial charge in [0.05, 0.1) is 30.7 Å². The smallest absolute Gasteiger partial charge is 0.259 e. The predicted octanol–water partition coefficient (Wildman–Crippen LogP) is 4.89. The Morgan fingerprint density at radius 3 is 2.71 bits per heavy atom. The molecule has 2 amide bonds. The lowest BCUT2D eigenvalue weighted by molar-refractivity contribution is -0.120. The maximum absolute atomic E-state index is 14.1. The molecule has 0 aliphatic rings. The van der Waals surface area contributed by atoms with Crippen molar-refractivity contribution in [1.82, 2.24) is 10.7 Å². The number of nitrogens with one attached hydrogen (secondary N) is 2. The highest BCUT2D eigenvalue weighted by Gasteiger charge is 2.15. The van der Waals surface area contributed by atoms with Crippen LogP contribution >= 0.6 is 11.3 Å². The first kappa shape index (κ1) is 25.2. The summed E-state index contributed by atoms with van der Waals surface area (Å²) in [7, 11) is 1.49. The SMILES string of the molecule is CCCCC(=NNC(=O)CNC(=O)c1ccc(OCC)c(OC)c1)c1csc2c(F)cccc12. The van der Waals surface area contributed by atoms with Gasteiger partial charge in [0.2, 0.25) is 0 Å². The van der Waals surface area contributed by atoms with Crippen LogP contribution in [0.25, 0.3) is 10.1 Å². The van der Waals surface area contributed by atoms with Crippen LogP contribution in [0.15, 0.2) is 46.9 Å². The molecular formula is C25H28FN3O4S. The van der Waals surface area contributed by atoms with Gasteiger partial charge in [-0.05, 0) is 44.0 Å². The van der Waals surface area contributed by atoms with E-state index in [1.54, 1.807) is 24.3 Å². The van der Waals surface area contributed by atoms with E-state index in [9.17, 15) is 14.0 Å². The average Bonchev–Trinajstić information content (AvgIpc) is 3.28. The van der Waals surface area contributed by atoms with E-state index in [2.05, 4.69) is 22.8 Å². The number of unbranched alkanes of at least 4 members (excludes halogenated alkanes) is 1. The number of ether oxygens (including phenoxy) is 2. The van der Waals surface area contributed by atoms with Crippen molar-refractivity contribution in [3.63, 3.8) is 0 Å². The second-order valence-electron chi connectivity index (χ2n) is 7.44. The molecule has 180 valence electrons. The molecule has 1 heterocycles. The topological polar surface area (TPSA) is 89.0 Å². The van der Waals surface area contributed by atoms with Crippen molar-refractivity contribution in [2.24, 2.45) is 5.10 Å². The second-order valence-corrected chi connectivity index (χ2v) is 8.32. The minimum absolute atomic E-state index is 0.252. The Morgan fingerprint density at radius 1 is 1.15 bits per heavy atom. The average molecular weight is 486 g/mol. The van der Waals surface area contributed by atoms with Gasteiger partial charge in [-0.25, -0.2) is 9.82 Å². The number of rotatable bonds is 11. The number of fused-ring (bicyclic) bond motifs is 1. The van der Waals surface area contributed by atoms with Crippen LogP contribution < -0.4 is 20.2 Å². The van der Waals surface area contributed by atoms with Gasteiger partial charge in [-0.3, -0.25) is 9.59 Å². The molecule has 0 saturated carbocycles. The molecule has 0 bridgehead atoms. The van der Waals surface area contributed by atoms with Crippen molar-refractivity contribution < 1.29 is 23.5 Å². The fraction of sp³-hybridized carbons (Fsp3) is 0.320. The lowest BCUT2D eigenvalue weighted by atomic mass is 10.0. The number of nitrogens with zero attached hydrogens (tertiary/aromatic N) is 1. The number of thiophene rings is 1. The number of amides is 2. The summed E-state index contributed by atoms with van der Waals surface area (Å²) in [6, 6.07) is 9.74. The summed E-state index contributed by atoms with van der Waals surface area (Å²) in [5.74, 6) is -0.198. The lowest BCUT2D eigenvalue weighted by Gasteiger charge is -2.11. The fourth-order valence-electron chi connectivity index (χ4n) is 3.36. The molecule has 0 saturated heterocycles. The van der Waals surface area contributed by atoms with Crippen molar-refractivity contribution in [3.8, 4) is 11.5 Å². The highest BCUT2D eigenvalue weighted by molar-refractivity contribution is 7.17. The highest BCUT2D eigenvalue weighted by Crippen LogP contribution is 2.30. The van der Waals surface area contributed by atoms with E-state index in [1.165, 1.54) is 24.5 Å². The Balaban J connectivity index is 1.66. The van der Waals surface area contributed by atoms with Crippen LogP contribution in [0.5, 0.6) is 11.5 Å². The molecule has 0 atom stereocenters. The molecule has 0 unspecified atom stereocenters. The zero-order valence-corrected chi connectivity index (χ0v) is 20.3. The van der Waals surface area contributed by atoms with Gasteiger partial charge >= 0.3 is 0 Å². The molecule has 7 nitrogen and oxygen atoms in total. The third-order valence-electron chi connectivity index (χ3n) is 5.08. The molecular weight excluding hydrogens is 457 g/mol. The number of hydrazone groups is 1. The highest BCUT2D eigenvalue weighted by atomic mass is 32.1. The van der Waals surface area contributed by atoms with E-state index in [-0.39, 0.29) is 12.4 Å². The van der Waals surface area contributed by atoms with Crippen molar-refractivity contribution >= 4 is 38.9 Å². The van der Waals surface area contributed by atoms with E-state index in [0.29, 0.717) is 40.5 Å². The van der Waals surface area contributed by atoms with Gasteiger partial charge in [0, 0.05) is 21.9 Å². The van der Waals surface area contributed by atoms with Gasteiger partial charge in [-0.15, -0.1) is 11.3 Å². The zero-order chi connectivity index (χ0) is 24.5. The molecule has 0 aliphatic heterocycles. The predicted molar refractivity (Wildman–Crippen MR) is 132 cm³/mol. The largest absolute Gasteiger partial charge is 0.493 e. The molecule has 3 aromatic rings.